The molecule has 2 aromatic rings. The molecule has 0 saturated heterocycles. The van der Waals surface area contributed by atoms with Crippen LogP contribution in [0.15, 0.2) is 48.5 Å². The molecule has 1 N–H and O–H groups in total. The highest BCUT2D eigenvalue weighted by atomic mass is 127. The molecule has 0 aliphatic rings. The molecule has 0 fully saturated rings. The van der Waals surface area contributed by atoms with Crippen LogP contribution < -0.4 is 14.8 Å². The maximum absolute atomic E-state index is 11.9. The summed E-state index contributed by atoms with van der Waals surface area (Å²) in [6.07, 6.45) is 0. The largest absolute Gasteiger partial charge is 0.494 e. The van der Waals surface area contributed by atoms with E-state index in [-0.39, 0.29) is 5.91 Å². The van der Waals surface area contributed by atoms with Crippen molar-refractivity contribution < 1.29 is 14.3 Å². The van der Waals surface area contributed by atoms with Crippen LogP contribution in [-0.2, 0) is 4.79 Å². The van der Waals surface area contributed by atoms with Crippen molar-refractivity contribution in [3.8, 4) is 11.5 Å². The van der Waals surface area contributed by atoms with E-state index in [2.05, 4.69) is 27.9 Å². The number of carbonyl (C=O) groups excluding carboxylic acids is 1. The third-order valence-electron chi connectivity index (χ3n) is 3.01. The second-order valence-electron chi connectivity index (χ2n) is 4.83. The summed E-state index contributed by atoms with van der Waals surface area (Å²) in [6.45, 7) is 3.17. The van der Waals surface area contributed by atoms with Gasteiger partial charge in [-0.3, -0.25) is 4.79 Å². The average molecular weight is 457 g/mol. The van der Waals surface area contributed by atoms with Gasteiger partial charge in [0.25, 0.3) is 0 Å². The summed E-state index contributed by atoms with van der Waals surface area (Å²) in [5.41, 5.74) is 0.856. The number of nitrogens with one attached hydrogen (secondary N) is 1. The highest BCUT2D eigenvalue weighted by Gasteiger charge is 2.05. The lowest BCUT2D eigenvalue weighted by molar-refractivity contribution is -0.113. The number of para-hydroxylation sites is 1. The molecular weight excluding hydrogens is 437 g/mol. The van der Waals surface area contributed by atoms with Gasteiger partial charge in [-0.15, -0.1) is 11.8 Å². The number of carbonyl (C=O) groups is 1. The maximum atomic E-state index is 11.9. The van der Waals surface area contributed by atoms with E-state index < -0.39 is 0 Å². The van der Waals surface area contributed by atoms with Gasteiger partial charge >= 0.3 is 0 Å². The molecule has 0 saturated carbocycles. The zero-order valence-electron chi connectivity index (χ0n) is 13.5. The Bertz CT molecular complexity index is 649. The molecule has 0 unspecified atom stereocenters. The number of benzene rings is 2. The number of hydrogen-bond acceptors (Lipinski definition) is 4. The zero-order valence-corrected chi connectivity index (χ0v) is 16.4. The molecule has 1 amide bonds. The number of hydrogen-bond donors (Lipinski definition) is 1. The number of thioether (sulfide) groups is 1. The fourth-order valence-corrected chi connectivity index (χ4v) is 3.06. The molecule has 2 rings (SSSR count). The van der Waals surface area contributed by atoms with Crippen molar-refractivity contribution in [2.75, 3.05) is 30.0 Å². The van der Waals surface area contributed by atoms with E-state index in [1.54, 1.807) is 11.8 Å². The van der Waals surface area contributed by atoms with Crippen molar-refractivity contribution >= 4 is 45.9 Å². The Morgan fingerprint density at radius 3 is 2.42 bits per heavy atom. The summed E-state index contributed by atoms with van der Waals surface area (Å²) in [6, 6.07) is 15.3. The highest BCUT2D eigenvalue weighted by molar-refractivity contribution is 14.1. The summed E-state index contributed by atoms with van der Waals surface area (Å²) in [7, 11) is 0. The monoisotopic (exact) mass is 457 g/mol. The smallest absolute Gasteiger partial charge is 0.234 e. The van der Waals surface area contributed by atoms with E-state index >= 15 is 0 Å². The van der Waals surface area contributed by atoms with Gasteiger partial charge in [0.05, 0.1) is 24.7 Å². The average Bonchev–Trinajstić information content (AvgIpc) is 2.58. The second-order valence-corrected chi connectivity index (χ2v) is 7.10. The first kappa shape index (κ1) is 18.9. The standard InChI is InChI=1S/C18H20INO3S/c1-2-22-14-7-9-15(10-8-14)23-11-12-24-13-18(21)20-17-6-4-3-5-16(17)19/h3-10H,2,11-13H2,1H3,(H,20,21). The third kappa shape index (κ3) is 6.60. The molecule has 0 aromatic heterocycles. The lowest BCUT2D eigenvalue weighted by atomic mass is 10.3. The van der Waals surface area contributed by atoms with Crippen LogP contribution in [0.3, 0.4) is 0 Å². The second kappa shape index (κ2) is 10.5. The van der Waals surface area contributed by atoms with Gasteiger partial charge in [-0.25, -0.2) is 0 Å². The van der Waals surface area contributed by atoms with Gasteiger partial charge < -0.3 is 14.8 Å². The van der Waals surface area contributed by atoms with Gasteiger partial charge in [0, 0.05) is 9.32 Å². The summed E-state index contributed by atoms with van der Waals surface area (Å²) < 4.78 is 12.1. The fourth-order valence-electron chi connectivity index (χ4n) is 1.93. The van der Waals surface area contributed by atoms with Gasteiger partial charge in [-0.1, -0.05) is 12.1 Å². The van der Waals surface area contributed by atoms with Crippen molar-refractivity contribution in [1.82, 2.24) is 0 Å². The number of amides is 1. The molecule has 0 atom stereocenters. The SMILES string of the molecule is CCOc1ccc(OCCSCC(=O)Nc2ccccc2I)cc1. The lowest BCUT2D eigenvalue weighted by Crippen LogP contribution is -2.15. The molecular formula is C18H20INO3S. The Hall–Kier alpha value is -1.41. The number of halogens is 1. The predicted octanol–water partition coefficient (Wildman–Crippen LogP) is 4.44. The predicted molar refractivity (Wildman–Crippen MR) is 108 cm³/mol. The molecule has 0 aliphatic heterocycles. The number of anilines is 1. The molecule has 0 heterocycles. The van der Waals surface area contributed by atoms with Crippen LogP contribution in [0.2, 0.25) is 0 Å². The van der Waals surface area contributed by atoms with E-state index in [0.717, 1.165) is 26.5 Å². The van der Waals surface area contributed by atoms with Crippen LogP contribution in [0.25, 0.3) is 0 Å². The van der Waals surface area contributed by atoms with Gasteiger partial charge in [0.1, 0.15) is 11.5 Å². The fraction of sp³-hybridized carbons (Fsp3) is 0.278. The summed E-state index contributed by atoms with van der Waals surface area (Å²) in [4.78, 5) is 11.9. The van der Waals surface area contributed by atoms with Crippen LogP contribution >= 0.6 is 34.4 Å². The normalized spacial score (nSPS) is 10.2. The molecule has 2 aromatic carbocycles. The quantitative estimate of drug-likeness (QED) is 0.447. The van der Waals surface area contributed by atoms with Crippen LogP contribution in [0.1, 0.15) is 6.92 Å². The van der Waals surface area contributed by atoms with Gasteiger partial charge in [0.15, 0.2) is 0 Å². The number of rotatable bonds is 9. The summed E-state index contributed by atoms with van der Waals surface area (Å²) in [5, 5.41) is 2.91. The lowest BCUT2D eigenvalue weighted by Gasteiger charge is -2.08. The Balaban J connectivity index is 1.62. The van der Waals surface area contributed by atoms with Gasteiger partial charge in [-0.2, -0.15) is 0 Å². The first-order valence-corrected chi connectivity index (χ1v) is 9.90. The molecule has 0 radical (unpaired) electrons. The molecule has 0 bridgehead atoms. The van der Waals surface area contributed by atoms with E-state index in [9.17, 15) is 4.79 Å². The van der Waals surface area contributed by atoms with Crippen LogP contribution in [0, 0.1) is 3.57 Å². The molecule has 4 nitrogen and oxygen atoms in total. The van der Waals surface area contributed by atoms with Gasteiger partial charge in [-0.05, 0) is 65.9 Å². The van der Waals surface area contributed by atoms with Crippen molar-refractivity contribution in [3.05, 3.63) is 52.1 Å². The summed E-state index contributed by atoms with van der Waals surface area (Å²) >= 11 is 3.76. The van der Waals surface area contributed by atoms with E-state index in [1.165, 1.54) is 0 Å². The molecule has 6 heteroatoms. The molecule has 0 spiro atoms. The first-order valence-electron chi connectivity index (χ1n) is 7.67. The van der Waals surface area contributed by atoms with Crippen molar-refractivity contribution in [1.29, 1.82) is 0 Å². The molecule has 24 heavy (non-hydrogen) atoms. The van der Waals surface area contributed by atoms with E-state index in [1.807, 2.05) is 55.5 Å². The van der Waals surface area contributed by atoms with Crippen molar-refractivity contribution in [2.24, 2.45) is 0 Å². The van der Waals surface area contributed by atoms with Crippen LogP contribution in [-0.4, -0.2) is 30.6 Å². The van der Waals surface area contributed by atoms with E-state index in [0.29, 0.717) is 19.0 Å². The van der Waals surface area contributed by atoms with Crippen molar-refractivity contribution in [3.63, 3.8) is 0 Å². The third-order valence-corrected chi connectivity index (χ3v) is 4.87. The summed E-state index contributed by atoms with van der Waals surface area (Å²) in [5.74, 6) is 2.82. The Morgan fingerprint density at radius 2 is 1.75 bits per heavy atom. The van der Waals surface area contributed by atoms with Crippen LogP contribution in [0.4, 0.5) is 5.69 Å². The zero-order chi connectivity index (χ0) is 17.2. The van der Waals surface area contributed by atoms with Crippen LogP contribution in [0.5, 0.6) is 11.5 Å². The minimum atomic E-state index is 0.00480. The van der Waals surface area contributed by atoms with Gasteiger partial charge in [0.2, 0.25) is 5.91 Å². The highest BCUT2D eigenvalue weighted by Crippen LogP contribution is 2.18. The topological polar surface area (TPSA) is 47.6 Å². The minimum absolute atomic E-state index is 0.00480. The number of ether oxygens (including phenoxy) is 2. The van der Waals surface area contributed by atoms with Crippen molar-refractivity contribution in [2.45, 2.75) is 6.92 Å². The minimum Gasteiger partial charge on any atom is -0.494 e. The maximum Gasteiger partial charge on any atom is 0.234 e. The molecule has 128 valence electrons. The Kier molecular flexibility index (Phi) is 8.24. The molecule has 0 aliphatic carbocycles. The Labute approximate surface area is 160 Å². The Morgan fingerprint density at radius 1 is 1.08 bits per heavy atom. The van der Waals surface area contributed by atoms with E-state index in [4.69, 9.17) is 9.47 Å². The first-order chi connectivity index (χ1) is 11.7.